The first-order valence-electron chi connectivity index (χ1n) is 9.56. The SMILES string of the molecule is Cc1ccccc1Nc1nc(-c2cc(C(N)=O)c(C)n2Cc2ccc(F)cc2F)cs1. The van der Waals surface area contributed by atoms with E-state index in [2.05, 4.69) is 10.3 Å². The zero-order chi connectivity index (χ0) is 22.1. The van der Waals surface area contributed by atoms with E-state index in [-0.39, 0.29) is 6.54 Å². The minimum atomic E-state index is -0.653. The molecule has 4 aromatic rings. The Hall–Kier alpha value is -3.52. The number of rotatable bonds is 6. The third-order valence-electron chi connectivity index (χ3n) is 5.13. The highest BCUT2D eigenvalue weighted by atomic mass is 32.1. The van der Waals surface area contributed by atoms with Crippen molar-refractivity contribution >= 4 is 28.1 Å². The summed E-state index contributed by atoms with van der Waals surface area (Å²) in [6.45, 7) is 3.85. The van der Waals surface area contributed by atoms with Gasteiger partial charge in [-0.3, -0.25) is 4.79 Å². The molecule has 0 unspecified atom stereocenters. The molecule has 0 bridgehead atoms. The summed E-state index contributed by atoms with van der Waals surface area (Å²) in [6.07, 6.45) is 0. The van der Waals surface area contributed by atoms with Gasteiger partial charge in [-0.15, -0.1) is 11.3 Å². The predicted molar refractivity (Wildman–Crippen MR) is 119 cm³/mol. The van der Waals surface area contributed by atoms with Gasteiger partial charge in [-0.25, -0.2) is 13.8 Å². The van der Waals surface area contributed by atoms with Gasteiger partial charge in [0, 0.05) is 28.4 Å². The second-order valence-corrected chi connectivity index (χ2v) is 8.05. The minimum Gasteiger partial charge on any atom is -0.366 e. The Kier molecular flexibility index (Phi) is 5.56. The van der Waals surface area contributed by atoms with Crippen molar-refractivity contribution in [3.8, 4) is 11.4 Å². The molecule has 0 aliphatic carbocycles. The first-order valence-corrected chi connectivity index (χ1v) is 10.4. The number of para-hydroxylation sites is 1. The fraction of sp³-hybridized carbons (Fsp3) is 0.130. The van der Waals surface area contributed by atoms with Gasteiger partial charge < -0.3 is 15.6 Å². The summed E-state index contributed by atoms with van der Waals surface area (Å²) in [7, 11) is 0. The lowest BCUT2D eigenvalue weighted by Gasteiger charge is -2.12. The molecule has 0 aliphatic heterocycles. The van der Waals surface area contributed by atoms with Crippen LogP contribution in [0.15, 0.2) is 53.9 Å². The minimum absolute atomic E-state index is 0.110. The number of nitrogens with one attached hydrogen (secondary N) is 1. The van der Waals surface area contributed by atoms with Crippen molar-refractivity contribution in [2.75, 3.05) is 5.32 Å². The van der Waals surface area contributed by atoms with Gasteiger partial charge in [0.15, 0.2) is 5.13 Å². The number of benzene rings is 2. The van der Waals surface area contributed by atoms with Crippen LogP contribution in [0.3, 0.4) is 0 Å². The number of amides is 1. The van der Waals surface area contributed by atoms with Crippen molar-refractivity contribution in [3.05, 3.63) is 87.9 Å². The summed E-state index contributed by atoms with van der Waals surface area (Å²) in [4.78, 5) is 16.6. The number of nitrogens with zero attached hydrogens (tertiary/aromatic N) is 2. The van der Waals surface area contributed by atoms with Gasteiger partial charge in [0.25, 0.3) is 5.91 Å². The van der Waals surface area contributed by atoms with Gasteiger partial charge in [0.2, 0.25) is 0 Å². The van der Waals surface area contributed by atoms with Gasteiger partial charge in [-0.05, 0) is 37.6 Å². The van der Waals surface area contributed by atoms with E-state index in [0.29, 0.717) is 33.3 Å². The van der Waals surface area contributed by atoms with Crippen LogP contribution in [0.5, 0.6) is 0 Å². The molecule has 2 aromatic carbocycles. The zero-order valence-corrected chi connectivity index (χ0v) is 17.8. The first kappa shape index (κ1) is 20.7. The molecule has 0 saturated heterocycles. The van der Waals surface area contributed by atoms with Crippen molar-refractivity contribution in [2.24, 2.45) is 5.73 Å². The van der Waals surface area contributed by atoms with E-state index in [1.807, 2.05) is 36.6 Å². The van der Waals surface area contributed by atoms with Crippen molar-refractivity contribution < 1.29 is 13.6 Å². The summed E-state index contributed by atoms with van der Waals surface area (Å²) < 4.78 is 29.4. The molecule has 2 heterocycles. The molecule has 0 radical (unpaired) electrons. The van der Waals surface area contributed by atoms with Crippen molar-refractivity contribution in [1.29, 1.82) is 0 Å². The molecular weight excluding hydrogens is 418 g/mol. The van der Waals surface area contributed by atoms with Crippen LogP contribution in [-0.4, -0.2) is 15.5 Å². The maximum absolute atomic E-state index is 14.3. The molecule has 0 fully saturated rings. The van der Waals surface area contributed by atoms with E-state index < -0.39 is 17.5 Å². The molecule has 4 rings (SSSR count). The van der Waals surface area contributed by atoms with Crippen molar-refractivity contribution in [1.82, 2.24) is 9.55 Å². The molecule has 5 nitrogen and oxygen atoms in total. The number of hydrogen-bond acceptors (Lipinski definition) is 4. The standard InChI is InChI=1S/C23H20F2N4OS/c1-13-5-3-4-6-19(13)27-23-28-20(12-31-23)21-10-17(22(26)30)14(2)29(21)11-15-7-8-16(24)9-18(15)25/h3-10,12H,11H2,1-2H3,(H2,26,30)(H,27,28). The molecule has 31 heavy (non-hydrogen) atoms. The third-order valence-corrected chi connectivity index (χ3v) is 5.89. The molecule has 0 aliphatic rings. The maximum Gasteiger partial charge on any atom is 0.250 e. The first-order chi connectivity index (χ1) is 14.8. The van der Waals surface area contributed by atoms with Gasteiger partial charge in [0.1, 0.15) is 11.6 Å². The number of halogens is 2. The normalized spacial score (nSPS) is 11.0. The summed E-state index contributed by atoms with van der Waals surface area (Å²) in [5.41, 5.74) is 10.0. The third kappa shape index (κ3) is 4.20. The van der Waals surface area contributed by atoms with Crippen LogP contribution in [0.4, 0.5) is 19.6 Å². The van der Waals surface area contributed by atoms with Crippen LogP contribution < -0.4 is 11.1 Å². The Morgan fingerprint density at radius 1 is 1.16 bits per heavy atom. The van der Waals surface area contributed by atoms with Gasteiger partial charge >= 0.3 is 0 Å². The molecule has 1 amide bonds. The van der Waals surface area contributed by atoms with E-state index in [0.717, 1.165) is 17.3 Å². The molecule has 8 heteroatoms. The summed E-state index contributed by atoms with van der Waals surface area (Å²) in [5.74, 6) is -1.87. The summed E-state index contributed by atoms with van der Waals surface area (Å²) in [5, 5.41) is 5.84. The van der Waals surface area contributed by atoms with Crippen LogP contribution in [0.2, 0.25) is 0 Å². The molecule has 0 atom stereocenters. The van der Waals surface area contributed by atoms with Gasteiger partial charge in [-0.1, -0.05) is 24.3 Å². The lowest BCUT2D eigenvalue weighted by molar-refractivity contribution is 0.0999. The Morgan fingerprint density at radius 3 is 2.65 bits per heavy atom. The van der Waals surface area contributed by atoms with Gasteiger partial charge in [-0.2, -0.15) is 0 Å². The largest absolute Gasteiger partial charge is 0.366 e. The second-order valence-electron chi connectivity index (χ2n) is 7.19. The average molecular weight is 439 g/mol. The number of thiazole rings is 1. The number of anilines is 2. The lowest BCUT2D eigenvalue weighted by Crippen LogP contribution is -2.13. The maximum atomic E-state index is 14.3. The number of carbonyl (C=O) groups is 1. The Morgan fingerprint density at radius 2 is 1.94 bits per heavy atom. The van der Waals surface area contributed by atoms with Crippen molar-refractivity contribution in [3.63, 3.8) is 0 Å². The van der Waals surface area contributed by atoms with Gasteiger partial charge in [0.05, 0.1) is 23.5 Å². The molecule has 158 valence electrons. The highest BCUT2D eigenvalue weighted by Gasteiger charge is 2.20. The Labute approximate surface area is 182 Å². The van der Waals surface area contributed by atoms with Crippen LogP contribution in [0.1, 0.15) is 27.2 Å². The van der Waals surface area contributed by atoms with E-state index in [1.54, 1.807) is 17.6 Å². The van der Waals surface area contributed by atoms with Crippen LogP contribution >= 0.6 is 11.3 Å². The highest BCUT2D eigenvalue weighted by Crippen LogP contribution is 2.31. The summed E-state index contributed by atoms with van der Waals surface area (Å²) >= 11 is 1.42. The number of primary amides is 1. The van der Waals surface area contributed by atoms with Crippen LogP contribution in [0.25, 0.3) is 11.4 Å². The van der Waals surface area contributed by atoms with E-state index in [4.69, 9.17) is 5.73 Å². The summed E-state index contributed by atoms with van der Waals surface area (Å²) in [6, 6.07) is 13.0. The lowest BCUT2D eigenvalue weighted by atomic mass is 10.2. The van der Waals surface area contributed by atoms with E-state index in [1.165, 1.54) is 23.5 Å². The average Bonchev–Trinajstić information content (AvgIpc) is 3.30. The molecular formula is C23H20F2N4OS. The van der Waals surface area contributed by atoms with E-state index >= 15 is 0 Å². The monoisotopic (exact) mass is 438 g/mol. The van der Waals surface area contributed by atoms with E-state index in [9.17, 15) is 13.6 Å². The number of nitrogens with two attached hydrogens (primary N) is 1. The number of aromatic nitrogens is 2. The quantitative estimate of drug-likeness (QED) is 0.423. The number of aryl methyl sites for hydroxylation is 1. The molecule has 0 spiro atoms. The zero-order valence-electron chi connectivity index (χ0n) is 16.9. The fourth-order valence-corrected chi connectivity index (χ4v) is 4.12. The predicted octanol–water partition coefficient (Wildman–Crippen LogP) is 5.40. The number of carbonyl (C=O) groups excluding carboxylic acids is 1. The Bertz CT molecular complexity index is 1280. The second kappa shape index (κ2) is 8.31. The van der Waals surface area contributed by atoms with Crippen LogP contribution in [-0.2, 0) is 6.54 Å². The van der Waals surface area contributed by atoms with Crippen molar-refractivity contribution in [2.45, 2.75) is 20.4 Å². The van der Waals surface area contributed by atoms with Crippen LogP contribution in [0, 0.1) is 25.5 Å². The molecule has 0 saturated carbocycles. The highest BCUT2D eigenvalue weighted by molar-refractivity contribution is 7.14. The topological polar surface area (TPSA) is 72.9 Å². The smallest absolute Gasteiger partial charge is 0.250 e. The fourth-order valence-electron chi connectivity index (χ4n) is 3.41. The molecule has 2 aromatic heterocycles. The number of hydrogen-bond donors (Lipinski definition) is 2. The molecule has 3 N–H and O–H groups in total. The Balaban J connectivity index is 1.73.